The fourth-order valence-electron chi connectivity index (χ4n) is 2.31. The number of ether oxygens (including phenoxy) is 1. The minimum absolute atomic E-state index is 0.257. The fraction of sp³-hybridized carbons (Fsp3) is 0.667. The van der Waals surface area contributed by atoms with Gasteiger partial charge in [-0.15, -0.1) is 11.3 Å². The molecule has 4 heteroatoms. The molecule has 1 aromatic heterocycles. The first kappa shape index (κ1) is 11.6. The zero-order chi connectivity index (χ0) is 11.7. The van der Waals surface area contributed by atoms with E-state index in [0.29, 0.717) is 10.8 Å². The number of aromatic nitrogens is 1. The Morgan fingerprint density at radius 3 is 2.81 bits per heavy atom. The third-order valence-corrected chi connectivity index (χ3v) is 4.53. The van der Waals surface area contributed by atoms with Gasteiger partial charge in [0.15, 0.2) is 0 Å². The maximum atomic E-state index is 11.5. The molecule has 1 aliphatic rings. The van der Waals surface area contributed by atoms with Gasteiger partial charge >= 0.3 is 5.97 Å². The number of carbonyl (C=O) groups is 1. The molecule has 2 unspecified atom stereocenters. The number of methoxy groups -OCH3 is 1. The molecule has 0 saturated heterocycles. The summed E-state index contributed by atoms with van der Waals surface area (Å²) in [7, 11) is 1.42. The highest BCUT2D eigenvalue weighted by atomic mass is 32.1. The van der Waals surface area contributed by atoms with Crippen LogP contribution in [-0.2, 0) is 4.74 Å². The molecule has 16 heavy (non-hydrogen) atoms. The lowest BCUT2D eigenvalue weighted by Crippen LogP contribution is -1.99. The average Bonchev–Trinajstić information content (AvgIpc) is 2.83. The van der Waals surface area contributed by atoms with Crippen molar-refractivity contribution in [2.24, 2.45) is 5.92 Å². The molecule has 1 heterocycles. The van der Waals surface area contributed by atoms with E-state index in [4.69, 9.17) is 4.74 Å². The first-order chi connectivity index (χ1) is 7.61. The van der Waals surface area contributed by atoms with Crippen LogP contribution < -0.4 is 0 Å². The summed E-state index contributed by atoms with van der Waals surface area (Å²) in [6.07, 6.45) is 3.68. The number of nitrogens with zero attached hydrogens (tertiary/aromatic N) is 1. The Labute approximate surface area is 99.8 Å². The van der Waals surface area contributed by atoms with Crippen LogP contribution in [0.3, 0.4) is 0 Å². The topological polar surface area (TPSA) is 39.2 Å². The Bertz CT molecular complexity index is 400. The first-order valence-electron chi connectivity index (χ1n) is 5.67. The standard InChI is InChI=1S/C12H17NO2S/c1-7-4-5-9(6-7)11-13-8(2)10(16-11)12(14)15-3/h7,9H,4-6H2,1-3H3. The van der Waals surface area contributed by atoms with E-state index in [0.717, 1.165) is 16.6 Å². The highest BCUT2D eigenvalue weighted by molar-refractivity contribution is 7.13. The van der Waals surface area contributed by atoms with E-state index >= 15 is 0 Å². The van der Waals surface area contributed by atoms with Crippen LogP contribution in [0.15, 0.2) is 0 Å². The van der Waals surface area contributed by atoms with E-state index in [2.05, 4.69) is 11.9 Å². The lowest BCUT2D eigenvalue weighted by atomic mass is 10.1. The Hall–Kier alpha value is -0.900. The Morgan fingerprint density at radius 2 is 2.25 bits per heavy atom. The van der Waals surface area contributed by atoms with E-state index in [1.165, 1.54) is 37.7 Å². The maximum absolute atomic E-state index is 11.5. The van der Waals surface area contributed by atoms with Crippen molar-refractivity contribution in [2.45, 2.75) is 39.0 Å². The molecule has 3 nitrogen and oxygen atoms in total. The molecular formula is C12H17NO2S. The quantitative estimate of drug-likeness (QED) is 0.744. The van der Waals surface area contributed by atoms with Crippen LogP contribution in [0.25, 0.3) is 0 Å². The molecule has 0 amide bonds. The van der Waals surface area contributed by atoms with Crippen LogP contribution in [0.1, 0.15) is 52.5 Å². The Balaban J connectivity index is 2.20. The van der Waals surface area contributed by atoms with Gasteiger partial charge in [-0.25, -0.2) is 9.78 Å². The number of aryl methyl sites for hydroxylation is 1. The number of hydrogen-bond donors (Lipinski definition) is 0. The van der Waals surface area contributed by atoms with Crippen molar-refractivity contribution >= 4 is 17.3 Å². The molecule has 0 aliphatic heterocycles. The minimum atomic E-state index is -0.257. The van der Waals surface area contributed by atoms with Crippen molar-refractivity contribution in [2.75, 3.05) is 7.11 Å². The van der Waals surface area contributed by atoms with Crippen LogP contribution in [0.4, 0.5) is 0 Å². The normalized spacial score (nSPS) is 24.7. The zero-order valence-corrected chi connectivity index (χ0v) is 10.8. The van der Waals surface area contributed by atoms with Gasteiger partial charge in [-0.1, -0.05) is 13.3 Å². The van der Waals surface area contributed by atoms with Crippen LogP contribution in [0.2, 0.25) is 0 Å². The van der Waals surface area contributed by atoms with Crippen molar-refractivity contribution in [1.82, 2.24) is 4.98 Å². The van der Waals surface area contributed by atoms with E-state index in [1.807, 2.05) is 6.92 Å². The third-order valence-electron chi connectivity index (χ3n) is 3.23. The van der Waals surface area contributed by atoms with Gasteiger partial charge in [0.1, 0.15) is 4.88 Å². The second-order valence-electron chi connectivity index (χ2n) is 4.57. The van der Waals surface area contributed by atoms with Crippen LogP contribution >= 0.6 is 11.3 Å². The van der Waals surface area contributed by atoms with Crippen molar-refractivity contribution < 1.29 is 9.53 Å². The van der Waals surface area contributed by atoms with Crippen LogP contribution in [0.5, 0.6) is 0 Å². The first-order valence-corrected chi connectivity index (χ1v) is 6.49. The summed E-state index contributed by atoms with van der Waals surface area (Å²) < 4.78 is 4.75. The van der Waals surface area contributed by atoms with Crippen molar-refractivity contribution in [3.05, 3.63) is 15.6 Å². The molecule has 2 atom stereocenters. The number of hydrogen-bond acceptors (Lipinski definition) is 4. The van der Waals surface area contributed by atoms with Gasteiger partial charge in [-0.3, -0.25) is 0 Å². The second-order valence-corrected chi connectivity index (χ2v) is 5.60. The third kappa shape index (κ3) is 2.12. The summed E-state index contributed by atoms with van der Waals surface area (Å²) in [4.78, 5) is 16.7. The molecule has 1 aromatic rings. The highest BCUT2D eigenvalue weighted by Gasteiger charge is 2.27. The molecule has 88 valence electrons. The lowest BCUT2D eigenvalue weighted by Gasteiger charge is -2.03. The van der Waals surface area contributed by atoms with Crippen LogP contribution in [0, 0.1) is 12.8 Å². The molecule has 1 saturated carbocycles. The van der Waals surface area contributed by atoms with Gasteiger partial charge in [0.2, 0.25) is 0 Å². The van der Waals surface area contributed by atoms with E-state index in [-0.39, 0.29) is 5.97 Å². The predicted molar refractivity (Wildman–Crippen MR) is 63.9 cm³/mol. The summed E-state index contributed by atoms with van der Waals surface area (Å²) >= 11 is 1.51. The lowest BCUT2D eigenvalue weighted by molar-refractivity contribution is 0.0605. The number of esters is 1. The number of rotatable bonds is 2. The van der Waals surface area contributed by atoms with E-state index in [1.54, 1.807) is 0 Å². The number of carbonyl (C=O) groups excluding carboxylic acids is 1. The maximum Gasteiger partial charge on any atom is 0.349 e. The molecule has 1 aliphatic carbocycles. The summed E-state index contributed by atoms with van der Waals surface area (Å²) in [5.74, 6) is 1.08. The van der Waals surface area contributed by atoms with Crippen LogP contribution in [-0.4, -0.2) is 18.1 Å². The van der Waals surface area contributed by atoms with Gasteiger partial charge in [0, 0.05) is 5.92 Å². The molecule has 0 aromatic carbocycles. The van der Waals surface area contributed by atoms with Crippen molar-refractivity contribution in [3.63, 3.8) is 0 Å². The summed E-state index contributed by atoms with van der Waals surface area (Å²) in [5, 5.41) is 1.11. The smallest absolute Gasteiger partial charge is 0.349 e. The zero-order valence-electron chi connectivity index (χ0n) is 9.95. The largest absolute Gasteiger partial charge is 0.465 e. The monoisotopic (exact) mass is 239 g/mol. The predicted octanol–water partition coefficient (Wildman–Crippen LogP) is 3.14. The molecule has 1 fully saturated rings. The van der Waals surface area contributed by atoms with Gasteiger partial charge in [0.25, 0.3) is 0 Å². The molecule has 0 bridgehead atoms. The minimum Gasteiger partial charge on any atom is -0.465 e. The average molecular weight is 239 g/mol. The Kier molecular flexibility index (Phi) is 3.28. The molecular weight excluding hydrogens is 222 g/mol. The van der Waals surface area contributed by atoms with Crippen molar-refractivity contribution in [1.29, 1.82) is 0 Å². The highest BCUT2D eigenvalue weighted by Crippen LogP contribution is 2.40. The Morgan fingerprint density at radius 1 is 1.50 bits per heavy atom. The number of thiazole rings is 1. The summed E-state index contributed by atoms with van der Waals surface area (Å²) in [5.41, 5.74) is 0.811. The van der Waals surface area contributed by atoms with Gasteiger partial charge < -0.3 is 4.74 Å². The van der Waals surface area contributed by atoms with Gasteiger partial charge in [0.05, 0.1) is 17.8 Å². The second kappa shape index (κ2) is 4.53. The molecule has 2 rings (SSSR count). The summed E-state index contributed by atoms with van der Waals surface area (Å²) in [6.45, 7) is 4.16. The fourth-order valence-corrected chi connectivity index (χ4v) is 3.44. The molecule has 0 N–H and O–H groups in total. The molecule has 0 spiro atoms. The van der Waals surface area contributed by atoms with Crippen molar-refractivity contribution in [3.8, 4) is 0 Å². The van der Waals surface area contributed by atoms with E-state index < -0.39 is 0 Å². The van der Waals surface area contributed by atoms with Gasteiger partial charge in [-0.2, -0.15) is 0 Å². The van der Waals surface area contributed by atoms with E-state index in [9.17, 15) is 4.79 Å². The summed E-state index contributed by atoms with van der Waals surface area (Å²) in [6, 6.07) is 0. The molecule has 0 radical (unpaired) electrons. The van der Waals surface area contributed by atoms with Gasteiger partial charge in [-0.05, 0) is 25.7 Å². The SMILES string of the molecule is COC(=O)c1sc(C2CCC(C)C2)nc1C.